The van der Waals surface area contributed by atoms with Gasteiger partial charge in [-0.3, -0.25) is 0 Å². The Morgan fingerprint density at radius 2 is 1.43 bits per heavy atom. The molecule has 3 rings (SSSR count). The van der Waals surface area contributed by atoms with Crippen molar-refractivity contribution in [2.75, 3.05) is 0 Å². The molecule has 0 saturated heterocycles. The van der Waals surface area contributed by atoms with Crippen molar-refractivity contribution >= 4 is 11.9 Å². The summed E-state index contributed by atoms with van der Waals surface area (Å²) in [7, 11) is 0. The minimum atomic E-state index is -1.03. The van der Waals surface area contributed by atoms with Crippen molar-refractivity contribution in [3.8, 4) is 22.8 Å². The fourth-order valence-electron chi connectivity index (χ4n) is 2.13. The Hall–Kier alpha value is -3.41. The first-order valence-electron chi connectivity index (χ1n) is 6.68. The summed E-state index contributed by atoms with van der Waals surface area (Å²) in [5.41, 5.74) is 1.40. The average molecular weight is 309 g/mol. The van der Waals surface area contributed by atoms with E-state index < -0.39 is 11.9 Å². The van der Waals surface area contributed by atoms with Crippen molar-refractivity contribution in [3.63, 3.8) is 0 Å². The first kappa shape index (κ1) is 14.5. The first-order chi connectivity index (χ1) is 11.0. The van der Waals surface area contributed by atoms with Gasteiger partial charge in [0.25, 0.3) is 0 Å². The molecule has 0 aliphatic heterocycles. The van der Waals surface area contributed by atoms with Crippen molar-refractivity contribution in [1.29, 1.82) is 0 Å². The number of nitrogens with zero attached hydrogens (tertiary/aromatic N) is 1. The molecule has 2 aromatic carbocycles. The van der Waals surface area contributed by atoms with Gasteiger partial charge in [-0.25, -0.2) is 14.6 Å². The van der Waals surface area contributed by atoms with Crippen molar-refractivity contribution < 1.29 is 24.2 Å². The van der Waals surface area contributed by atoms with Gasteiger partial charge in [-0.2, -0.15) is 0 Å². The summed E-state index contributed by atoms with van der Waals surface area (Å²) in [4.78, 5) is 26.1. The molecule has 0 spiro atoms. The number of carboxylic acid groups (broad SMARTS) is 2. The zero-order valence-electron chi connectivity index (χ0n) is 11.8. The molecule has 1 heterocycles. The Morgan fingerprint density at radius 1 is 0.870 bits per heavy atom. The second kappa shape index (κ2) is 5.76. The van der Waals surface area contributed by atoms with E-state index >= 15 is 0 Å². The SMILES string of the molecule is O=C(O)c1cccc(-c2cnc(-c3cccc(C(=O)O)c3)o2)c1. The lowest BCUT2D eigenvalue weighted by Gasteiger charge is -2.00. The van der Waals surface area contributed by atoms with E-state index in [2.05, 4.69) is 4.98 Å². The number of rotatable bonds is 4. The fraction of sp³-hybridized carbons (Fsp3) is 0. The molecule has 2 N–H and O–H groups in total. The molecule has 6 heteroatoms. The molecule has 23 heavy (non-hydrogen) atoms. The summed E-state index contributed by atoms with van der Waals surface area (Å²) in [5, 5.41) is 18.0. The van der Waals surface area contributed by atoms with Gasteiger partial charge in [-0.05, 0) is 30.3 Å². The number of hydrogen-bond acceptors (Lipinski definition) is 4. The van der Waals surface area contributed by atoms with E-state index in [1.165, 1.54) is 30.5 Å². The second-order valence-electron chi connectivity index (χ2n) is 4.80. The van der Waals surface area contributed by atoms with Crippen LogP contribution >= 0.6 is 0 Å². The third-order valence-electron chi connectivity index (χ3n) is 3.26. The number of benzene rings is 2. The molecular formula is C17H11NO5. The molecule has 0 amide bonds. The Kier molecular flexibility index (Phi) is 3.64. The molecular weight excluding hydrogens is 298 g/mol. The van der Waals surface area contributed by atoms with E-state index in [-0.39, 0.29) is 17.0 Å². The van der Waals surface area contributed by atoms with Crippen LogP contribution < -0.4 is 0 Å². The molecule has 3 aromatic rings. The van der Waals surface area contributed by atoms with Crippen LogP contribution in [0.4, 0.5) is 0 Å². The predicted molar refractivity (Wildman–Crippen MR) is 81.3 cm³/mol. The highest BCUT2D eigenvalue weighted by molar-refractivity contribution is 5.89. The number of carbonyl (C=O) groups is 2. The van der Waals surface area contributed by atoms with Crippen LogP contribution in [0.25, 0.3) is 22.8 Å². The van der Waals surface area contributed by atoms with Gasteiger partial charge in [0.2, 0.25) is 5.89 Å². The smallest absolute Gasteiger partial charge is 0.335 e. The van der Waals surface area contributed by atoms with Crippen LogP contribution in [0.1, 0.15) is 20.7 Å². The third kappa shape index (κ3) is 2.96. The van der Waals surface area contributed by atoms with Gasteiger partial charge in [-0.1, -0.05) is 18.2 Å². The molecule has 0 radical (unpaired) electrons. The van der Waals surface area contributed by atoms with E-state index in [4.69, 9.17) is 14.6 Å². The van der Waals surface area contributed by atoms with E-state index in [9.17, 15) is 9.59 Å². The van der Waals surface area contributed by atoms with Crippen molar-refractivity contribution in [3.05, 3.63) is 65.9 Å². The van der Waals surface area contributed by atoms with Crippen LogP contribution in [0.5, 0.6) is 0 Å². The van der Waals surface area contributed by atoms with Crippen LogP contribution in [-0.2, 0) is 0 Å². The molecule has 114 valence electrons. The largest absolute Gasteiger partial charge is 0.478 e. The number of aromatic nitrogens is 1. The van der Waals surface area contributed by atoms with Crippen molar-refractivity contribution in [1.82, 2.24) is 4.98 Å². The topological polar surface area (TPSA) is 101 Å². The van der Waals surface area contributed by atoms with E-state index in [1.54, 1.807) is 24.3 Å². The highest BCUT2D eigenvalue weighted by Crippen LogP contribution is 2.27. The molecule has 0 atom stereocenters. The number of aromatic carboxylic acids is 2. The van der Waals surface area contributed by atoms with Gasteiger partial charge in [0.15, 0.2) is 5.76 Å². The Bertz CT molecular complexity index is 825. The van der Waals surface area contributed by atoms with Gasteiger partial charge < -0.3 is 14.6 Å². The number of hydrogen-bond donors (Lipinski definition) is 2. The predicted octanol–water partition coefficient (Wildman–Crippen LogP) is 3.41. The summed E-state index contributed by atoms with van der Waals surface area (Å²) < 4.78 is 5.63. The average Bonchev–Trinajstić information content (AvgIpc) is 3.05. The maximum Gasteiger partial charge on any atom is 0.335 e. The van der Waals surface area contributed by atoms with Crippen molar-refractivity contribution in [2.24, 2.45) is 0 Å². The Labute approximate surface area is 130 Å². The minimum absolute atomic E-state index is 0.134. The quantitative estimate of drug-likeness (QED) is 0.766. The third-order valence-corrected chi connectivity index (χ3v) is 3.26. The summed E-state index contributed by atoms with van der Waals surface area (Å²) >= 11 is 0. The van der Waals surface area contributed by atoms with Crippen LogP contribution in [0.3, 0.4) is 0 Å². The normalized spacial score (nSPS) is 10.4. The first-order valence-corrected chi connectivity index (χ1v) is 6.68. The van der Waals surface area contributed by atoms with Crippen LogP contribution in [-0.4, -0.2) is 27.1 Å². The highest BCUT2D eigenvalue weighted by Gasteiger charge is 2.12. The zero-order chi connectivity index (χ0) is 16.4. The van der Waals surface area contributed by atoms with Crippen LogP contribution in [0.2, 0.25) is 0 Å². The minimum Gasteiger partial charge on any atom is -0.478 e. The highest BCUT2D eigenvalue weighted by atomic mass is 16.4. The van der Waals surface area contributed by atoms with Gasteiger partial charge in [-0.15, -0.1) is 0 Å². The lowest BCUT2D eigenvalue weighted by molar-refractivity contribution is 0.0686. The maximum absolute atomic E-state index is 11.0. The molecule has 0 unspecified atom stereocenters. The number of oxazole rings is 1. The van der Waals surface area contributed by atoms with Crippen molar-refractivity contribution in [2.45, 2.75) is 0 Å². The number of carboxylic acids is 2. The van der Waals surface area contributed by atoms with Crippen LogP contribution in [0, 0.1) is 0 Å². The van der Waals surface area contributed by atoms with E-state index in [0.29, 0.717) is 16.9 Å². The lowest BCUT2D eigenvalue weighted by atomic mass is 10.1. The molecule has 0 bridgehead atoms. The van der Waals surface area contributed by atoms with E-state index in [1.807, 2.05) is 0 Å². The zero-order valence-corrected chi connectivity index (χ0v) is 11.8. The van der Waals surface area contributed by atoms with Crippen LogP contribution in [0.15, 0.2) is 59.1 Å². The van der Waals surface area contributed by atoms with Gasteiger partial charge in [0, 0.05) is 11.1 Å². The molecule has 0 aliphatic carbocycles. The summed E-state index contributed by atoms with van der Waals surface area (Å²) in [5.74, 6) is -1.39. The summed E-state index contributed by atoms with van der Waals surface area (Å²) in [6.45, 7) is 0. The Balaban J connectivity index is 1.97. The standard InChI is InChI=1S/C17H11NO5/c19-16(20)12-5-1-3-10(7-12)14-9-18-15(23-14)11-4-2-6-13(8-11)17(21)22/h1-9H,(H,19,20)(H,21,22). The van der Waals surface area contributed by atoms with E-state index in [0.717, 1.165) is 0 Å². The second-order valence-corrected chi connectivity index (χ2v) is 4.80. The maximum atomic E-state index is 11.0. The fourth-order valence-corrected chi connectivity index (χ4v) is 2.13. The van der Waals surface area contributed by atoms with Gasteiger partial charge in [0.1, 0.15) is 0 Å². The molecule has 0 fully saturated rings. The molecule has 6 nitrogen and oxygen atoms in total. The molecule has 1 aromatic heterocycles. The summed E-state index contributed by atoms with van der Waals surface area (Å²) in [6, 6.07) is 12.5. The van der Waals surface area contributed by atoms with Gasteiger partial charge >= 0.3 is 11.9 Å². The summed E-state index contributed by atoms with van der Waals surface area (Å²) in [6.07, 6.45) is 1.48. The molecule has 0 saturated carbocycles. The molecule has 0 aliphatic rings. The van der Waals surface area contributed by atoms with Gasteiger partial charge in [0.05, 0.1) is 17.3 Å². The Morgan fingerprint density at radius 3 is 2.04 bits per heavy atom. The monoisotopic (exact) mass is 309 g/mol. The lowest BCUT2D eigenvalue weighted by Crippen LogP contribution is -1.95.